The maximum Gasteiger partial charge on any atom is 0.320 e. The molecule has 0 aromatic heterocycles. The smallest absolute Gasteiger partial charge is 0.320 e. The zero-order chi connectivity index (χ0) is 14.2. The van der Waals surface area contributed by atoms with Crippen LogP contribution in [0.2, 0.25) is 5.02 Å². The van der Waals surface area contributed by atoms with Crippen LogP contribution in [0.3, 0.4) is 0 Å². The Hall–Kier alpha value is -1.26. The molecular weight excluding hydrogens is 276 g/mol. The Morgan fingerprint density at radius 2 is 1.90 bits per heavy atom. The molecule has 0 radical (unpaired) electrons. The highest BCUT2D eigenvalue weighted by atomic mass is 35.5. The fourth-order valence-corrected chi connectivity index (χ4v) is 3.40. The average Bonchev–Trinajstić information content (AvgIpc) is 2.67. The number of aliphatic hydroxyl groups excluding tert-OH is 1. The van der Waals surface area contributed by atoms with E-state index in [1.165, 1.54) is 11.3 Å². The third kappa shape index (κ3) is 2.38. The van der Waals surface area contributed by atoms with Gasteiger partial charge in [0.25, 0.3) is 0 Å². The van der Waals surface area contributed by atoms with Gasteiger partial charge < -0.3 is 10.4 Å². The first-order valence-electron chi connectivity index (χ1n) is 7.12. The molecule has 1 saturated heterocycles. The van der Waals surface area contributed by atoms with Crippen molar-refractivity contribution in [2.45, 2.75) is 50.4 Å². The van der Waals surface area contributed by atoms with Gasteiger partial charge in [-0.05, 0) is 30.5 Å². The number of hydrogen-bond donors (Lipinski definition) is 2. The van der Waals surface area contributed by atoms with Gasteiger partial charge in [0.1, 0.15) is 0 Å². The molecule has 1 aromatic rings. The van der Waals surface area contributed by atoms with Crippen molar-refractivity contribution in [2.75, 3.05) is 0 Å². The predicted molar refractivity (Wildman–Crippen MR) is 77.3 cm³/mol. The van der Waals surface area contributed by atoms with Crippen LogP contribution in [0.5, 0.6) is 0 Å². The molecule has 0 bridgehead atoms. The van der Waals surface area contributed by atoms with Gasteiger partial charge in [-0.3, -0.25) is 4.90 Å². The highest BCUT2D eigenvalue weighted by molar-refractivity contribution is 6.30. The van der Waals surface area contributed by atoms with Crippen LogP contribution in [-0.4, -0.2) is 27.8 Å². The molecule has 1 spiro atoms. The molecule has 1 unspecified atom stereocenters. The highest BCUT2D eigenvalue weighted by Gasteiger charge is 2.50. The van der Waals surface area contributed by atoms with Crippen molar-refractivity contribution in [1.82, 2.24) is 10.2 Å². The van der Waals surface area contributed by atoms with E-state index in [-0.39, 0.29) is 6.03 Å². The molecule has 2 amide bonds. The number of benzene rings is 1. The number of urea groups is 1. The van der Waals surface area contributed by atoms with E-state index < -0.39 is 11.8 Å². The van der Waals surface area contributed by atoms with Gasteiger partial charge in [0, 0.05) is 5.02 Å². The number of nitrogens with one attached hydrogen (secondary N) is 1. The van der Waals surface area contributed by atoms with E-state index in [0.29, 0.717) is 11.6 Å². The van der Waals surface area contributed by atoms with E-state index in [2.05, 4.69) is 5.32 Å². The van der Waals surface area contributed by atoms with Crippen LogP contribution in [0, 0.1) is 0 Å². The van der Waals surface area contributed by atoms with Gasteiger partial charge in [-0.2, -0.15) is 0 Å². The standard InChI is InChI=1S/C15H19ClN2O2/c16-12-6-4-11(5-7-12)10-18-13(19)15(17-14(18)20)8-2-1-3-9-15/h4-7,13,19H,1-3,8-10H2,(H,17,20). The Labute approximate surface area is 123 Å². The summed E-state index contributed by atoms with van der Waals surface area (Å²) in [6.45, 7) is 0.409. The molecule has 1 aliphatic heterocycles. The van der Waals surface area contributed by atoms with Crippen LogP contribution in [-0.2, 0) is 6.54 Å². The average molecular weight is 295 g/mol. The molecule has 2 N–H and O–H groups in total. The van der Waals surface area contributed by atoms with Crippen LogP contribution >= 0.6 is 11.6 Å². The minimum atomic E-state index is -0.744. The minimum absolute atomic E-state index is 0.172. The number of carbonyl (C=O) groups is 1. The molecule has 2 aliphatic rings. The summed E-state index contributed by atoms with van der Waals surface area (Å²) in [5.74, 6) is 0. The number of aliphatic hydroxyl groups is 1. The molecule has 108 valence electrons. The maximum atomic E-state index is 12.2. The lowest BCUT2D eigenvalue weighted by molar-refractivity contribution is -0.0161. The van der Waals surface area contributed by atoms with Gasteiger partial charge in [-0.25, -0.2) is 4.79 Å². The lowest BCUT2D eigenvalue weighted by Gasteiger charge is -2.36. The molecule has 1 heterocycles. The van der Waals surface area contributed by atoms with E-state index in [9.17, 15) is 9.90 Å². The first-order chi connectivity index (χ1) is 9.61. The number of rotatable bonds is 2. The Balaban J connectivity index is 1.76. The van der Waals surface area contributed by atoms with E-state index in [1.807, 2.05) is 12.1 Å². The fourth-order valence-electron chi connectivity index (χ4n) is 3.27. The zero-order valence-corrected chi connectivity index (χ0v) is 12.1. The summed E-state index contributed by atoms with van der Waals surface area (Å²) in [6, 6.07) is 7.19. The summed E-state index contributed by atoms with van der Waals surface area (Å²) in [4.78, 5) is 13.7. The Kier molecular flexibility index (Phi) is 3.61. The second-order valence-corrected chi connectivity index (χ2v) is 6.21. The fraction of sp³-hybridized carbons (Fsp3) is 0.533. The molecule has 3 rings (SSSR count). The minimum Gasteiger partial charge on any atom is -0.371 e. The van der Waals surface area contributed by atoms with Crippen LogP contribution in [0.1, 0.15) is 37.7 Å². The number of amides is 2. The summed E-state index contributed by atoms with van der Waals surface area (Å²) in [5, 5.41) is 14.2. The van der Waals surface area contributed by atoms with Crippen LogP contribution in [0.4, 0.5) is 4.79 Å². The normalized spacial score (nSPS) is 25.0. The van der Waals surface area contributed by atoms with Crippen molar-refractivity contribution in [3.63, 3.8) is 0 Å². The largest absolute Gasteiger partial charge is 0.371 e. The summed E-state index contributed by atoms with van der Waals surface area (Å²) in [7, 11) is 0. The quantitative estimate of drug-likeness (QED) is 0.881. The van der Waals surface area contributed by atoms with Crippen molar-refractivity contribution in [3.05, 3.63) is 34.9 Å². The Bertz CT molecular complexity index is 497. The summed E-state index contributed by atoms with van der Waals surface area (Å²) in [5.41, 5.74) is 0.526. The van der Waals surface area contributed by atoms with Crippen molar-refractivity contribution < 1.29 is 9.90 Å². The molecule has 1 saturated carbocycles. The summed E-state index contributed by atoms with van der Waals surface area (Å²) in [6.07, 6.45) is 4.28. The molecule has 1 aromatic carbocycles. The number of halogens is 1. The summed E-state index contributed by atoms with van der Waals surface area (Å²) < 4.78 is 0. The molecule has 4 nitrogen and oxygen atoms in total. The Morgan fingerprint density at radius 3 is 2.55 bits per heavy atom. The molecular formula is C15H19ClN2O2. The Morgan fingerprint density at radius 1 is 1.25 bits per heavy atom. The molecule has 2 fully saturated rings. The van der Waals surface area contributed by atoms with Gasteiger partial charge in [-0.1, -0.05) is 43.0 Å². The van der Waals surface area contributed by atoms with Crippen LogP contribution < -0.4 is 5.32 Å². The second-order valence-electron chi connectivity index (χ2n) is 5.77. The second kappa shape index (κ2) is 5.26. The van der Waals surface area contributed by atoms with E-state index in [4.69, 9.17) is 11.6 Å². The highest BCUT2D eigenvalue weighted by Crippen LogP contribution is 2.36. The number of carbonyl (C=O) groups excluding carboxylic acids is 1. The lowest BCUT2D eigenvalue weighted by Crippen LogP contribution is -2.51. The first kappa shape index (κ1) is 13.7. The molecule has 1 atom stereocenters. The van der Waals surface area contributed by atoms with Crippen LogP contribution in [0.25, 0.3) is 0 Å². The summed E-state index contributed by atoms with van der Waals surface area (Å²) >= 11 is 5.86. The lowest BCUT2D eigenvalue weighted by atomic mass is 9.81. The number of nitrogens with zero attached hydrogens (tertiary/aromatic N) is 1. The van der Waals surface area contributed by atoms with E-state index in [1.54, 1.807) is 12.1 Å². The predicted octanol–water partition coefficient (Wildman–Crippen LogP) is 2.89. The molecule has 5 heteroatoms. The van der Waals surface area contributed by atoms with Gasteiger partial charge in [0.15, 0.2) is 6.23 Å². The molecule has 1 aliphatic carbocycles. The van der Waals surface area contributed by atoms with E-state index >= 15 is 0 Å². The zero-order valence-electron chi connectivity index (χ0n) is 11.3. The monoisotopic (exact) mass is 294 g/mol. The van der Waals surface area contributed by atoms with Gasteiger partial charge in [0.2, 0.25) is 0 Å². The number of hydrogen-bond acceptors (Lipinski definition) is 2. The SMILES string of the molecule is O=C1NC2(CCCCC2)C(O)N1Cc1ccc(Cl)cc1. The van der Waals surface area contributed by atoms with Crippen LogP contribution in [0.15, 0.2) is 24.3 Å². The van der Waals surface area contributed by atoms with E-state index in [0.717, 1.165) is 31.2 Å². The van der Waals surface area contributed by atoms with Gasteiger partial charge >= 0.3 is 6.03 Å². The topological polar surface area (TPSA) is 52.6 Å². The molecule has 20 heavy (non-hydrogen) atoms. The third-order valence-corrected chi connectivity index (χ3v) is 4.67. The van der Waals surface area contributed by atoms with Crippen molar-refractivity contribution in [2.24, 2.45) is 0 Å². The van der Waals surface area contributed by atoms with Crippen molar-refractivity contribution >= 4 is 17.6 Å². The maximum absolute atomic E-state index is 12.2. The van der Waals surface area contributed by atoms with Crippen molar-refractivity contribution in [3.8, 4) is 0 Å². The third-order valence-electron chi connectivity index (χ3n) is 4.42. The van der Waals surface area contributed by atoms with Gasteiger partial charge in [-0.15, -0.1) is 0 Å². The van der Waals surface area contributed by atoms with Crippen molar-refractivity contribution in [1.29, 1.82) is 0 Å². The first-order valence-corrected chi connectivity index (χ1v) is 7.50. The van der Waals surface area contributed by atoms with Gasteiger partial charge in [0.05, 0.1) is 12.1 Å².